The van der Waals surface area contributed by atoms with Gasteiger partial charge in [0.2, 0.25) is 5.91 Å². The van der Waals surface area contributed by atoms with Gasteiger partial charge in [0.05, 0.1) is 11.6 Å². The number of fused-ring (bicyclic) bond motifs is 2. The minimum atomic E-state index is 0.0993. The molecule has 0 saturated carbocycles. The summed E-state index contributed by atoms with van der Waals surface area (Å²) in [7, 11) is 0. The minimum Gasteiger partial charge on any atom is -0.333 e. The second-order valence-electron chi connectivity index (χ2n) is 5.56. The van der Waals surface area contributed by atoms with Crippen LogP contribution < -0.4 is 0 Å². The van der Waals surface area contributed by atoms with Gasteiger partial charge in [0.25, 0.3) is 0 Å². The van der Waals surface area contributed by atoms with Crippen molar-refractivity contribution in [2.24, 2.45) is 0 Å². The predicted octanol–water partition coefficient (Wildman–Crippen LogP) is 2.64. The molecule has 0 fully saturated rings. The first kappa shape index (κ1) is 13.5. The number of nitrogens with zero attached hydrogens (tertiary/aromatic N) is 4. The molecule has 1 aliphatic heterocycles. The molecule has 1 amide bonds. The quantitative estimate of drug-likeness (QED) is 0.731. The lowest BCUT2D eigenvalue weighted by Gasteiger charge is -2.33. The Balaban J connectivity index is 1.58. The monoisotopic (exact) mass is 312 g/mol. The molecule has 3 aromatic rings. The number of benzene rings is 1. The van der Waals surface area contributed by atoms with Gasteiger partial charge in [0.1, 0.15) is 12.1 Å². The zero-order chi connectivity index (χ0) is 15.1. The summed E-state index contributed by atoms with van der Waals surface area (Å²) in [6.07, 6.45) is 0.938. The molecule has 0 radical (unpaired) electrons. The Hall–Kier alpha value is -2.21. The van der Waals surface area contributed by atoms with Gasteiger partial charge in [-0.3, -0.25) is 4.79 Å². The molecule has 2 aromatic heterocycles. The van der Waals surface area contributed by atoms with Crippen molar-refractivity contribution in [3.05, 3.63) is 46.2 Å². The molecule has 4 rings (SSSR count). The fourth-order valence-corrected chi connectivity index (χ4v) is 4.12. The van der Waals surface area contributed by atoms with Crippen molar-refractivity contribution >= 4 is 28.3 Å². The largest absolute Gasteiger partial charge is 0.333 e. The summed E-state index contributed by atoms with van der Waals surface area (Å²) in [5.41, 5.74) is 3.10. The van der Waals surface area contributed by atoms with E-state index in [-0.39, 0.29) is 18.5 Å². The topological polar surface area (TPSA) is 51.0 Å². The summed E-state index contributed by atoms with van der Waals surface area (Å²) in [6, 6.07) is 10.0. The van der Waals surface area contributed by atoms with E-state index in [1.807, 2.05) is 29.2 Å². The van der Waals surface area contributed by atoms with E-state index in [9.17, 15) is 4.79 Å². The molecule has 6 heteroatoms. The summed E-state index contributed by atoms with van der Waals surface area (Å²) in [5, 5.41) is 10.3. The van der Waals surface area contributed by atoms with Crippen molar-refractivity contribution in [3.63, 3.8) is 0 Å². The number of rotatable bonds is 2. The number of aromatic nitrogens is 3. The van der Waals surface area contributed by atoms with E-state index in [4.69, 9.17) is 0 Å². The molecule has 1 atom stereocenters. The second-order valence-corrected chi connectivity index (χ2v) is 6.51. The summed E-state index contributed by atoms with van der Waals surface area (Å²) in [4.78, 5) is 16.0. The number of hydrogen-bond donors (Lipinski definition) is 0. The van der Waals surface area contributed by atoms with E-state index in [1.54, 1.807) is 16.0 Å². The van der Waals surface area contributed by atoms with Crippen molar-refractivity contribution < 1.29 is 4.79 Å². The molecule has 22 heavy (non-hydrogen) atoms. The van der Waals surface area contributed by atoms with Gasteiger partial charge in [0.15, 0.2) is 0 Å². The third-order valence-corrected chi connectivity index (χ3v) is 5.40. The van der Waals surface area contributed by atoms with Crippen LogP contribution in [0.1, 0.15) is 23.4 Å². The highest BCUT2D eigenvalue weighted by Gasteiger charge is 2.28. The number of hydrogen-bond acceptors (Lipinski definition) is 4. The van der Waals surface area contributed by atoms with E-state index in [0.717, 1.165) is 24.0 Å². The maximum Gasteiger partial charge on any atom is 0.244 e. The van der Waals surface area contributed by atoms with Gasteiger partial charge in [-0.15, -0.1) is 16.4 Å². The summed E-state index contributed by atoms with van der Waals surface area (Å²) >= 11 is 1.74. The summed E-state index contributed by atoms with van der Waals surface area (Å²) in [5.74, 6) is 0.0993. The lowest BCUT2D eigenvalue weighted by molar-refractivity contribution is -0.134. The van der Waals surface area contributed by atoms with Crippen LogP contribution in [-0.2, 0) is 17.8 Å². The molecule has 0 N–H and O–H groups in total. The van der Waals surface area contributed by atoms with Crippen LogP contribution in [0.4, 0.5) is 0 Å². The van der Waals surface area contributed by atoms with E-state index >= 15 is 0 Å². The van der Waals surface area contributed by atoms with Crippen LogP contribution in [0.5, 0.6) is 0 Å². The normalized spacial score (nSPS) is 17.7. The zero-order valence-electron chi connectivity index (χ0n) is 12.3. The molecule has 3 heterocycles. The van der Waals surface area contributed by atoms with Crippen molar-refractivity contribution in [3.8, 4) is 0 Å². The summed E-state index contributed by atoms with van der Waals surface area (Å²) < 4.78 is 1.69. The minimum absolute atomic E-state index is 0.0993. The SMILES string of the molecule is CC1c2sccc2CCN1C(=O)Cn1nnc2ccccc21. The van der Waals surface area contributed by atoms with E-state index in [0.29, 0.717) is 0 Å². The van der Waals surface area contributed by atoms with Gasteiger partial charge in [-0.25, -0.2) is 4.68 Å². The van der Waals surface area contributed by atoms with Crippen molar-refractivity contribution in [2.75, 3.05) is 6.54 Å². The molecule has 0 spiro atoms. The van der Waals surface area contributed by atoms with Crippen LogP contribution in [0.3, 0.4) is 0 Å². The second kappa shape index (κ2) is 5.21. The van der Waals surface area contributed by atoms with Crippen LogP contribution in [0.15, 0.2) is 35.7 Å². The first-order valence-electron chi connectivity index (χ1n) is 7.38. The Morgan fingerprint density at radius 2 is 2.23 bits per heavy atom. The number of para-hydroxylation sites is 1. The zero-order valence-corrected chi connectivity index (χ0v) is 13.1. The van der Waals surface area contributed by atoms with Crippen molar-refractivity contribution in [1.29, 1.82) is 0 Å². The van der Waals surface area contributed by atoms with Crippen LogP contribution in [-0.4, -0.2) is 32.3 Å². The van der Waals surface area contributed by atoms with Gasteiger partial charge in [-0.2, -0.15) is 0 Å². The van der Waals surface area contributed by atoms with E-state index < -0.39 is 0 Å². The lowest BCUT2D eigenvalue weighted by Crippen LogP contribution is -2.40. The predicted molar refractivity (Wildman–Crippen MR) is 85.7 cm³/mol. The fraction of sp³-hybridized carbons (Fsp3) is 0.312. The molecular weight excluding hydrogens is 296 g/mol. The maximum atomic E-state index is 12.7. The Morgan fingerprint density at radius 3 is 3.14 bits per heavy atom. The summed E-state index contributed by atoms with van der Waals surface area (Å²) in [6.45, 7) is 3.12. The molecule has 0 aliphatic carbocycles. The number of carbonyl (C=O) groups is 1. The highest BCUT2D eigenvalue weighted by Crippen LogP contribution is 2.33. The first-order chi connectivity index (χ1) is 10.7. The third kappa shape index (κ3) is 2.11. The first-order valence-corrected chi connectivity index (χ1v) is 8.26. The van der Waals surface area contributed by atoms with Gasteiger partial charge in [-0.05, 0) is 42.5 Å². The molecule has 1 unspecified atom stereocenters. The molecular formula is C16H16N4OS. The Morgan fingerprint density at radius 1 is 1.36 bits per heavy atom. The molecule has 112 valence electrons. The average molecular weight is 312 g/mol. The molecule has 1 aromatic carbocycles. The standard InChI is InChI=1S/C16H16N4OS/c1-11-16-12(7-9-22-16)6-8-19(11)15(21)10-20-14-5-3-2-4-13(14)17-18-20/h2-5,7,9,11H,6,8,10H2,1H3. The van der Waals surface area contributed by atoms with Crippen LogP contribution in [0, 0.1) is 0 Å². The fourth-order valence-electron chi connectivity index (χ4n) is 3.09. The maximum absolute atomic E-state index is 12.7. The van der Waals surface area contributed by atoms with Crippen molar-refractivity contribution in [1.82, 2.24) is 19.9 Å². The Labute approximate surface area is 132 Å². The average Bonchev–Trinajstić information content (AvgIpc) is 3.15. The Bertz CT molecular complexity index is 837. The van der Waals surface area contributed by atoms with E-state index in [1.165, 1.54) is 10.4 Å². The van der Waals surface area contributed by atoms with Gasteiger partial charge >= 0.3 is 0 Å². The highest BCUT2D eigenvalue weighted by molar-refractivity contribution is 7.10. The van der Waals surface area contributed by atoms with Crippen LogP contribution >= 0.6 is 11.3 Å². The lowest BCUT2D eigenvalue weighted by atomic mass is 10.0. The highest BCUT2D eigenvalue weighted by atomic mass is 32.1. The number of amides is 1. The van der Waals surface area contributed by atoms with Crippen LogP contribution in [0.2, 0.25) is 0 Å². The number of thiophene rings is 1. The third-order valence-electron chi connectivity index (χ3n) is 4.28. The van der Waals surface area contributed by atoms with Gasteiger partial charge < -0.3 is 4.90 Å². The van der Waals surface area contributed by atoms with Gasteiger partial charge in [-0.1, -0.05) is 17.3 Å². The van der Waals surface area contributed by atoms with Crippen LogP contribution in [0.25, 0.3) is 11.0 Å². The molecule has 0 bridgehead atoms. The number of carbonyl (C=O) groups excluding carboxylic acids is 1. The molecule has 1 aliphatic rings. The van der Waals surface area contributed by atoms with Crippen molar-refractivity contribution in [2.45, 2.75) is 25.9 Å². The molecule has 0 saturated heterocycles. The van der Waals surface area contributed by atoms with Gasteiger partial charge in [0, 0.05) is 11.4 Å². The molecule has 5 nitrogen and oxygen atoms in total. The van der Waals surface area contributed by atoms with E-state index in [2.05, 4.69) is 28.7 Å². The Kier molecular flexibility index (Phi) is 3.18. The smallest absolute Gasteiger partial charge is 0.244 e.